The number of rotatable bonds is 2. The van der Waals surface area contributed by atoms with Crippen molar-refractivity contribution < 1.29 is 19.5 Å². The average Bonchev–Trinajstić information content (AvgIpc) is 3.06. The molecule has 3 fully saturated rings. The Hall–Kier alpha value is -1.79. The van der Waals surface area contributed by atoms with Gasteiger partial charge in [0.15, 0.2) is 0 Å². The number of carboxylic acid groups (broad SMARTS) is 1. The zero-order valence-electron chi connectivity index (χ0n) is 12.0. The first kappa shape index (κ1) is 14.2. The molecule has 116 valence electrons. The Balaban J connectivity index is 1.50. The summed E-state index contributed by atoms with van der Waals surface area (Å²) in [6.45, 7) is 1.76. The summed E-state index contributed by atoms with van der Waals surface area (Å²) in [7, 11) is 0. The fraction of sp³-hybridized carbons (Fsp3) is 0.786. The number of nitrogens with one attached hydrogen (secondary N) is 1. The summed E-state index contributed by atoms with van der Waals surface area (Å²) in [4.78, 5) is 38.4. The van der Waals surface area contributed by atoms with Gasteiger partial charge in [0.05, 0.1) is 5.92 Å². The first-order chi connectivity index (χ1) is 10.0. The van der Waals surface area contributed by atoms with Crippen LogP contribution in [-0.4, -0.2) is 64.5 Å². The van der Waals surface area contributed by atoms with Crippen molar-refractivity contribution >= 4 is 17.9 Å². The van der Waals surface area contributed by atoms with Crippen molar-refractivity contribution in [3.8, 4) is 0 Å². The minimum absolute atomic E-state index is 0.0400. The van der Waals surface area contributed by atoms with Gasteiger partial charge >= 0.3 is 12.0 Å². The third kappa shape index (κ3) is 2.82. The standard InChI is InChI=1S/C14H21N3O4/c18-12-4-3-11-8-16(5-6-17(11)12)14(21)15-10-2-1-9(7-10)13(19)20/h9-11H,1-8H2,(H,15,21)(H,19,20)/t9-,10+,11?/m1/s1. The number of fused-ring (bicyclic) bond motifs is 1. The molecular formula is C14H21N3O4. The van der Waals surface area contributed by atoms with E-state index in [1.807, 2.05) is 4.90 Å². The lowest BCUT2D eigenvalue weighted by atomic mass is 10.1. The van der Waals surface area contributed by atoms with Gasteiger partial charge < -0.3 is 20.2 Å². The minimum atomic E-state index is -0.773. The van der Waals surface area contributed by atoms with Crippen molar-refractivity contribution in [1.82, 2.24) is 15.1 Å². The van der Waals surface area contributed by atoms with E-state index >= 15 is 0 Å². The summed E-state index contributed by atoms with van der Waals surface area (Å²) in [5, 5.41) is 11.9. The fourth-order valence-electron chi connectivity index (χ4n) is 3.65. The third-order valence-electron chi connectivity index (χ3n) is 4.89. The predicted molar refractivity (Wildman–Crippen MR) is 73.6 cm³/mol. The van der Waals surface area contributed by atoms with Gasteiger partial charge in [-0.2, -0.15) is 0 Å². The molecule has 21 heavy (non-hydrogen) atoms. The Morgan fingerprint density at radius 2 is 2.00 bits per heavy atom. The van der Waals surface area contributed by atoms with Gasteiger partial charge in [0.1, 0.15) is 0 Å². The van der Waals surface area contributed by atoms with Crippen molar-refractivity contribution in [1.29, 1.82) is 0 Å². The molecule has 2 N–H and O–H groups in total. The summed E-state index contributed by atoms with van der Waals surface area (Å²) in [5.41, 5.74) is 0. The summed E-state index contributed by atoms with van der Waals surface area (Å²) in [5.74, 6) is -0.912. The van der Waals surface area contributed by atoms with Crippen LogP contribution in [0.3, 0.4) is 0 Å². The molecule has 3 aliphatic rings. The fourth-order valence-corrected chi connectivity index (χ4v) is 3.65. The molecule has 0 aromatic carbocycles. The van der Waals surface area contributed by atoms with Crippen molar-refractivity contribution in [2.75, 3.05) is 19.6 Å². The van der Waals surface area contributed by atoms with Gasteiger partial charge in [-0.1, -0.05) is 0 Å². The molecule has 7 nitrogen and oxygen atoms in total. The van der Waals surface area contributed by atoms with Crippen molar-refractivity contribution in [2.24, 2.45) is 5.92 Å². The molecule has 3 amide bonds. The lowest BCUT2D eigenvalue weighted by Gasteiger charge is -2.37. The highest BCUT2D eigenvalue weighted by Crippen LogP contribution is 2.26. The highest BCUT2D eigenvalue weighted by molar-refractivity contribution is 5.80. The maximum Gasteiger partial charge on any atom is 0.317 e. The predicted octanol–water partition coefficient (Wildman–Crippen LogP) is 0.256. The van der Waals surface area contributed by atoms with Crippen LogP contribution in [0.2, 0.25) is 0 Å². The van der Waals surface area contributed by atoms with E-state index in [-0.39, 0.29) is 29.9 Å². The smallest absolute Gasteiger partial charge is 0.317 e. The van der Waals surface area contributed by atoms with Gasteiger partial charge in [0, 0.05) is 38.1 Å². The first-order valence-electron chi connectivity index (χ1n) is 7.62. The van der Waals surface area contributed by atoms with Crippen LogP contribution < -0.4 is 5.32 Å². The molecule has 0 aromatic heterocycles. The van der Waals surface area contributed by atoms with Crippen LogP contribution in [0.4, 0.5) is 4.79 Å². The van der Waals surface area contributed by atoms with Gasteiger partial charge in [0.25, 0.3) is 0 Å². The lowest BCUT2D eigenvalue weighted by Crippen LogP contribution is -2.56. The molecule has 2 aliphatic heterocycles. The van der Waals surface area contributed by atoms with Crippen LogP contribution in [0.5, 0.6) is 0 Å². The average molecular weight is 295 g/mol. The molecule has 0 aromatic rings. The number of carboxylic acids is 1. The van der Waals surface area contributed by atoms with E-state index in [0.29, 0.717) is 38.9 Å². The number of piperazine rings is 1. The van der Waals surface area contributed by atoms with Crippen molar-refractivity contribution in [3.05, 3.63) is 0 Å². The van der Waals surface area contributed by atoms with Gasteiger partial charge in [-0.05, 0) is 25.7 Å². The molecule has 0 radical (unpaired) electrons. The Morgan fingerprint density at radius 3 is 2.71 bits per heavy atom. The highest BCUT2D eigenvalue weighted by Gasteiger charge is 2.38. The van der Waals surface area contributed by atoms with E-state index in [1.54, 1.807) is 4.90 Å². The second-order valence-corrected chi connectivity index (χ2v) is 6.22. The second-order valence-electron chi connectivity index (χ2n) is 6.22. The normalized spacial score (nSPS) is 32.2. The van der Waals surface area contributed by atoms with E-state index in [9.17, 15) is 14.4 Å². The van der Waals surface area contributed by atoms with Crippen LogP contribution in [0.1, 0.15) is 32.1 Å². The number of nitrogens with zero attached hydrogens (tertiary/aromatic N) is 2. The van der Waals surface area contributed by atoms with Crippen LogP contribution in [0.15, 0.2) is 0 Å². The maximum absolute atomic E-state index is 12.3. The molecule has 1 aliphatic carbocycles. The number of carbonyl (C=O) groups excluding carboxylic acids is 2. The second kappa shape index (κ2) is 5.54. The SMILES string of the molecule is O=C(O)[C@@H]1CC[C@H](NC(=O)N2CCN3C(=O)CCC3C2)C1. The molecule has 0 bridgehead atoms. The monoisotopic (exact) mass is 295 g/mol. The number of hydrogen-bond donors (Lipinski definition) is 2. The van der Waals surface area contributed by atoms with Gasteiger partial charge in [0.2, 0.25) is 5.91 Å². The molecule has 1 unspecified atom stereocenters. The number of urea groups is 1. The Labute approximate surface area is 123 Å². The summed E-state index contributed by atoms with van der Waals surface area (Å²) in [6, 6.07) is -0.000719. The molecule has 3 rings (SSSR count). The van der Waals surface area contributed by atoms with Gasteiger partial charge in [-0.25, -0.2) is 4.79 Å². The van der Waals surface area contributed by atoms with Crippen LogP contribution in [0.25, 0.3) is 0 Å². The molecule has 2 heterocycles. The third-order valence-corrected chi connectivity index (χ3v) is 4.89. The van der Waals surface area contributed by atoms with Gasteiger partial charge in [-0.15, -0.1) is 0 Å². The summed E-state index contributed by atoms with van der Waals surface area (Å²) in [6.07, 6.45) is 3.29. The minimum Gasteiger partial charge on any atom is -0.481 e. The molecule has 0 spiro atoms. The van der Waals surface area contributed by atoms with Crippen LogP contribution in [-0.2, 0) is 9.59 Å². The zero-order valence-corrected chi connectivity index (χ0v) is 12.0. The van der Waals surface area contributed by atoms with Crippen molar-refractivity contribution in [2.45, 2.75) is 44.2 Å². The number of carbonyl (C=O) groups is 3. The Morgan fingerprint density at radius 1 is 1.19 bits per heavy atom. The molecule has 3 atom stereocenters. The zero-order chi connectivity index (χ0) is 15.0. The largest absolute Gasteiger partial charge is 0.481 e. The lowest BCUT2D eigenvalue weighted by molar-refractivity contribution is -0.141. The molecule has 7 heteroatoms. The number of amides is 3. The Bertz CT molecular complexity index is 467. The topological polar surface area (TPSA) is 89.9 Å². The number of hydrogen-bond acceptors (Lipinski definition) is 3. The van der Waals surface area contributed by atoms with E-state index in [0.717, 1.165) is 12.8 Å². The summed E-state index contributed by atoms with van der Waals surface area (Å²) < 4.78 is 0. The van der Waals surface area contributed by atoms with Gasteiger partial charge in [-0.3, -0.25) is 9.59 Å². The first-order valence-corrected chi connectivity index (χ1v) is 7.62. The number of aliphatic carboxylic acids is 1. The van der Waals surface area contributed by atoms with E-state index < -0.39 is 5.97 Å². The quantitative estimate of drug-likeness (QED) is 0.764. The van der Waals surface area contributed by atoms with Crippen LogP contribution >= 0.6 is 0 Å². The molecule has 1 saturated carbocycles. The molecule has 2 saturated heterocycles. The maximum atomic E-state index is 12.3. The van der Waals surface area contributed by atoms with E-state index in [1.165, 1.54) is 0 Å². The Kier molecular flexibility index (Phi) is 3.73. The van der Waals surface area contributed by atoms with E-state index in [2.05, 4.69) is 5.32 Å². The van der Waals surface area contributed by atoms with Crippen LogP contribution in [0, 0.1) is 5.92 Å². The summed E-state index contributed by atoms with van der Waals surface area (Å²) >= 11 is 0. The van der Waals surface area contributed by atoms with E-state index in [4.69, 9.17) is 5.11 Å². The van der Waals surface area contributed by atoms with Crippen molar-refractivity contribution in [3.63, 3.8) is 0 Å². The highest BCUT2D eigenvalue weighted by atomic mass is 16.4. The molecular weight excluding hydrogens is 274 g/mol.